The Morgan fingerprint density at radius 1 is 1.12 bits per heavy atom. The van der Waals surface area contributed by atoms with Crippen LogP contribution in [0.25, 0.3) is 21.9 Å². The van der Waals surface area contributed by atoms with Crippen LogP contribution in [0.4, 0.5) is 0 Å². The number of aromatic amines is 1. The lowest BCUT2D eigenvalue weighted by molar-refractivity contribution is 0.393. The third kappa shape index (κ3) is 2.84. The molecular weight excluding hydrogens is 398 g/mol. The fourth-order valence-electron chi connectivity index (χ4n) is 3.03. The van der Waals surface area contributed by atoms with Gasteiger partial charge in [-0.2, -0.15) is 0 Å². The Morgan fingerprint density at radius 2 is 1.85 bits per heavy atom. The summed E-state index contributed by atoms with van der Waals surface area (Å²) in [5.41, 5.74) is 2.82. The van der Waals surface area contributed by atoms with Crippen molar-refractivity contribution in [3.63, 3.8) is 0 Å². The highest BCUT2D eigenvalue weighted by Gasteiger charge is 2.12. The molecule has 0 unspecified atom stereocenters. The maximum absolute atomic E-state index is 12.9. The topological polar surface area (TPSA) is 69.1 Å². The Morgan fingerprint density at radius 3 is 2.54 bits per heavy atom. The molecule has 0 fully saturated rings. The van der Waals surface area contributed by atoms with Gasteiger partial charge in [-0.25, -0.2) is 4.98 Å². The summed E-state index contributed by atoms with van der Waals surface area (Å²) in [7, 11) is 3.20. The lowest BCUT2D eigenvalue weighted by atomic mass is 10.2. The van der Waals surface area contributed by atoms with Crippen molar-refractivity contribution in [1.82, 2.24) is 14.5 Å². The zero-order valence-electron chi connectivity index (χ0n) is 14.2. The predicted molar refractivity (Wildman–Crippen MR) is 104 cm³/mol. The fraction of sp³-hybridized carbons (Fsp3) is 0.158. The number of aromatic nitrogens is 3. The van der Waals surface area contributed by atoms with Crippen molar-refractivity contribution < 1.29 is 9.47 Å². The van der Waals surface area contributed by atoms with Crippen molar-refractivity contribution in [2.24, 2.45) is 0 Å². The van der Waals surface area contributed by atoms with E-state index in [2.05, 4.69) is 25.9 Å². The van der Waals surface area contributed by atoms with Gasteiger partial charge in [0.1, 0.15) is 22.5 Å². The molecule has 1 N–H and O–H groups in total. The molecule has 2 aromatic heterocycles. The average Bonchev–Trinajstić information content (AvgIpc) is 3.02. The Bertz CT molecular complexity index is 1160. The van der Waals surface area contributed by atoms with Gasteiger partial charge in [0.25, 0.3) is 5.56 Å². The summed E-state index contributed by atoms with van der Waals surface area (Å²) in [4.78, 5) is 20.6. The first-order chi connectivity index (χ1) is 12.6. The van der Waals surface area contributed by atoms with Gasteiger partial charge in [0.05, 0.1) is 27.1 Å². The number of H-pyrrole nitrogens is 1. The van der Waals surface area contributed by atoms with Gasteiger partial charge in [-0.15, -0.1) is 0 Å². The van der Waals surface area contributed by atoms with Gasteiger partial charge >= 0.3 is 0 Å². The third-order valence-corrected chi connectivity index (χ3v) is 4.79. The van der Waals surface area contributed by atoms with Crippen molar-refractivity contribution in [3.8, 4) is 11.5 Å². The number of nitrogens with zero attached hydrogens (tertiary/aromatic N) is 2. The van der Waals surface area contributed by atoms with Crippen molar-refractivity contribution in [2.45, 2.75) is 6.54 Å². The second-order valence-electron chi connectivity index (χ2n) is 5.94. The molecule has 6 nitrogen and oxygen atoms in total. The van der Waals surface area contributed by atoms with Crippen LogP contribution in [-0.2, 0) is 6.54 Å². The minimum Gasteiger partial charge on any atom is -0.497 e. The van der Waals surface area contributed by atoms with Crippen molar-refractivity contribution >= 4 is 37.9 Å². The number of methoxy groups -OCH3 is 2. The molecule has 0 aliphatic rings. The Hall–Kier alpha value is -2.80. The van der Waals surface area contributed by atoms with Crippen LogP contribution in [0.15, 0.2) is 52.0 Å². The minimum atomic E-state index is -0.121. The van der Waals surface area contributed by atoms with Gasteiger partial charge in [0.15, 0.2) is 0 Å². The molecule has 7 heteroatoms. The van der Waals surface area contributed by atoms with Crippen LogP contribution in [0.1, 0.15) is 5.56 Å². The number of halogens is 1. The van der Waals surface area contributed by atoms with Crippen LogP contribution < -0.4 is 15.0 Å². The van der Waals surface area contributed by atoms with Crippen LogP contribution in [0.2, 0.25) is 0 Å². The highest BCUT2D eigenvalue weighted by atomic mass is 79.9. The van der Waals surface area contributed by atoms with Crippen LogP contribution in [0, 0.1) is 0 Å². The molecule has 0 atom stereocenters. The predicted octanol–water partition coefficient (Wildman–Crippen LogP) is 3.71. The van der Waals surface area contributed by atoms with Gasteiger partial charge < -0.3 is 14.5 Å². The molecule has 0 aliphatic heterocycles. The smallest absolute Gasteiger partial charge is 0.277 e. The zero-order chi connectivity index (χ0) is 18.3. The lowest BCUT2D eigenvalue weighted by Gasteiger charge is -2.10. The van der Waals surface area contributed by atoms with Crippen molar-refractivity contribution in [3.05, 3.63) is 63.1 Å². The summed E-state index contributed by atoms with van der Waals surface area (Å²) in [6, 6.07) is 11.4. The first kappa shape index (κ1) is 16.7. The summed E-state index contributed by atoms with van der Waals surface area (Å²) in [6.07, 6.45) is 1.57. The van der Waals surface area contributed by atoms with E-state index in [0.717, 1.165) is 20.9 Å². The van der Waals surface area contributed by atoms with Gasteiger partial charge in [-0.05, 0) is 35.9 Å². The highest BCUT2D eigenvalue weighted by Crippen LogP contribution is 2.25. The molecule has 26 heavy (non-hydrogen) atoms. The van der Waals surface area contributed by atoms with E-state index in [9.17, 15) is 4.79 Å². The number of nitrogens with one attached hydrogen (secondary N) is 1. The first-order valence-corrected chi connectivity index (χ1v) is 8.76. The summed E-state index contributed by atoms with van der Waals surface area (Å²) in [5, 5.41) is 0.918. The van der Waals surface area contributed by atoms with Crippen molar-refractivity contribution in [1.29, 1.82) is 0 Å². The molecule has 4 rings (SSSR count). The maximum Gasteiger partial charge on any atom is 0.277 e. The van der Waals surface area contributed by atoms with E-state index in [1.807, 2.05) is 30.3 Å². The monoisotopic (exact) mass is 413 g/mol. The second kappa shape index (κ2) is 6.49. The van der Waals surface area contributed by atoms with E-state index in [-0.39, 0.29) is 5.56 Å². The molecule has 0 saturated carbocycles. The van der Waals surface area contributed by atoms with Crippen LogP contribution in [0.5, 0.6) is 11.5 Å². The molecule has 132 valence electrons. The molecule has 0 spiro atoms. The highest BCUT2D eigenvalue weighted by molar-refractivity contribution is 9.10. The summed E-state index contributed by atoms with van der Waals surface area (Å²) in [5.74, 6) is 1.36. The number of hydrogen-bond acceptors (Lipinski definition) is 4. The quantitative estimate of drug-likeness (QED) is 0.553. The first-order valence-electron chi connectivity index (χ1n) is 7.97. The standard InChI is InChI=1S/C19H16BrN3O3/c1-25-13-5-11(6-14(8-13)26-2)9-23-10-21-17-15-7-12(20)3-4-16(15)22-18(17)19(23)24/h3-8,10,22H,9H2,1-2H3. The van der Waals surface area contributed by atoms with Gasteiger partial charge in [-0.1, -0.05) is 15.9 Å². The normalized spacial score (nSPS) is 11.2. The molecule has 0 radical (unpaired) electrons. The second-order valence-corrected chi connectivity index (χ2v) is 6.85. The van der Waals surface area contributed by atoms with Crippen LogP contribution in [0.3, 0.4) is 0 Å². The maximum atomic E-state index is 12.9. The Kier molecular flexibility index (Phi) is 4.16. The summed E-state index contributed by atoms with van der Waals surface area (Å²) in [6.45, 7) is 0.369. The van der Waals surface area contributed by atoms with Gasteiger partial charge in [0.2, 0.25) is 0 Å². The van der Waals surface area contributed by atoms with E-state index < -0.39 is 0 Å². The number of rotatable bonds is 4. The summed E-state index contributed by atoms with van der Waals surface area (Å²) < 4.78 is 13.1. The minimum absolute atomic E-state index is 0.121. The molecule has 0 aliphatic carbocycles. The van der Waals surface area contributed by atoms with Gasteiger partial charge in [-0.3, -0.25) is 9.36 Å². The lowest BCUT2D eigenvalue weighted by Crippen LogP contribution is -2.21. The Balaban J connectivity index is 1.82. The molecular formula is C19H16BrN3O3. The van der Waals surface area contributed by atoms with E-state index >= 15 is 0 Å². The van der Waals surface area contributed by atoms with Gasteiger partial charge in [0, 0.05) is 21.4 Å². The molecule has 0 bridgehead atoms. The molecule has 2 heterocycles. The van der Waals surface area contributed by atoms with Crippen molar-refractivity contribution in [2.75, 3.05) is 14.2 Å². The number of hydrogen-bond donors (Lipinski definition) is 1. The molecule has 2 aromatic carbocycles. The van der Waals surface area contributed by atoms with E-state index in [0.29, 0.717) is 29.1 Å². The van der Waals surface area contributed by atoms with E-state index in [1.54, 1.807) is 31.2 Å². The van der Waals surface area contributed by atoms with Crippen LogP contribution in [-0.4, -0.2) is 28.8 Å². The molecule has 0 saturated heterocycles. The van der Waals surface area contributed by atoms with E-state index in [1.165, 1.54) is 0 Å². The Labute approximate surface area is 157 Å². The molecule has 0 amide bonds. The van der Waals surface area contributed by atoms with E-state index in [4.69, 9.17) is 9.47 Å². The van der Waals surface area contributed by atoms with Crippen LogP contribution >= 0.6 is 15.9 Å². The molecule has 4 aromatic rings. The average molecular weight is 414 g/mol. The largest absolute Gasteiger partial charge is 0.497 e. The fourth-order valence-corrected chi connectivity index (χ4v) is 3.39. The SMILES string of the molecule is COc1cc(Cn2cnc3c([nH]c4ccc(Br)cc43)c2=O)cc(OC)c1. The summed E-state index contributed by atoms with van der Waals surface area (Å²) >= 11 is 3.46. The number of benzene rings is 2. The zero-order valence-corrected chi connectivity index (χ0v) is 15.8. The third-order valence-electron chi connectivity index (χ3n) is 4.30. The number of fused-ring (bicyclic) bond motifs is 3. The number of ether oxygens (including phenoxy) is 2.